The molecule has 0 radical (unpaired) electrons. The van der Waals surface area contributed by atoms with Crippen molar-refractivity contribution in [2.24, 2.45) is 7.05 Å². The van der Waals surface area contributed by atoms with Crippen LogP contribution in [0.1, 0.15) is 30.1 Å². The lowest BCUT2D eigenvalue weighted by atomic mass is 9.74. The maximum absolute atomic E-state index is 12.2. The van der Waals surface area contributed by atoms with E-state index in [0.29, 0.717) is 19.3 Å². The van der Waals surface area contributed by atoms with E-state index in [2.05, 4.69) is 10.6 Å². The van der Waals surface area contributed by atoms with Crippen LogP contribution in [-0.2, 0) is 27.8 Å². The molecule has 0 saturated carbocycles. The minimum Gasteiger partial charge on any atom is -0.494 e. The molecule has 4 bridgehead atoms. The molecule has 0 aliphatic carbocycles. The second kappa shape index (κ2) is 4.81. The Hall–Kier alpha value is -2.50. The van der Waals surface area contributed by atoms with Crippen molar-refractivity contribution < 1.29 is 17.7 Å². The van der Waals surface area contributed by atoms with E-state index in [1.54, 1.807) is 4.90 Å². The standard InChI is InChI=1S/C18H17N3O4S/c1-20-13-5-3-2-4-11(13)12-8-15-18(10-19)7-6-14(17(12)20)21(15)16(22)9-26(23,24)25-18/h2-5,9,14-15,22H,6-8H2,1H3/t14-,15-,18?/m0/s1. The van der Waals surface area contributed by atoms with Crippen molar-refractivity contribution in [2.45, 2.75) is 36.9 Å². The third-order valence-electron chi connectivity index (χ3n) is 5.94. The topological polar surface area (TPSA) is 95.6 Å². The Balaban J connectivity index is 1.82. The van der Waals surface area contributed by atoms with Crippen molar-refractivity contribution in [3.05, 3.63) is 46.8 Å². The summed E-state index contributed by atoms with van der Waals surface area (Å²) in [6, 6.07) is 9.39. The third-order valence-corrected chi connectivity index (χ3v) is 6.97. The molecule has 1 N–H and O–H groups in total. The number of aromatic nitrogens is 1. The maximum Gasteiger partial charge on any atom is 0.296 e. The van der Waals surface area contributed by atoms with Crippen LogP contribution >= 0.6 is 0 Å². The van der Waals surface area contributed by atoms with Crippen molar-refractivity contribution >= 4 is 21.0 Å². The summed E-state index contributed by atoms with van der Waals surface area (Å²) >= 11 is 0. The fourth-order valence-electron chi connectivity index (χ4n) is 4.94. The van der Waals surface area contributed by atoms with Gasteiger partial charge in [0.1, 0.15) is 11.5 Å². The van der Waals surface area contributed by atoms with Gasteiger partial charge in [0.15, 0.2) is 5.60 Å². The van der Waals surface area contributed by atoms with E-state index in [1.165, 1.54) is 0 Å². The molecule has 4 heterocycles. The molecule has 0 spiro atoms. The Kier molecular flexibility index (Phi) is 2.91. The summed E-state index contributed by atoms with van der Waals surface area (Å²) in [4.78, 5) is 1.67. The molecule has 1 fully saturated rings. The minimum atomic E-state index is -4.14. The first-order valence-corrected chi connectivity index (χ1v) is 9.96. The number of fused-ring (bicyclic) bond motifs is 4. The number of rotatable bonds is 0. The molecule has 1 aromatic heterocycles. The molecule has 0 amide bonds. The Labute approximate surface area is 150 Å². The average molecular weight is 371 g/mol. The summed E-state index contributed by atoms with van der Waals surface area (Å²) in [5.74, 6) is -0.354. The summed E-state index contributed by atoms with van der Waals surface area (Å²) in [5.41, 5.74) is 1.75. The fourth-order valence-corrected chi connectivity index (χ4v) is 6.02. The number of nitriles is 1. The van der Waals surface area contributed by atoms with E-state index >= 15 is 0 Å². The van der Waals surface area contributed by atoms with Gasteiger partial charge in [-0.15, -0.1) is 0 Å². The number of nitrogens with zero attached hydrogens (tertiary/aromatic N) is 3. The Morgan fingerprint density at radius 3 is 2.92 bits per heavy atom. The number of aliphatic hydroxyl groups excluding tert-OH is 1. The number of piperidine rings is 1. The number of hydrogen-bond acceptors (Lipinski definition) is 6. The second-order valence-corrected chi connectivity index (χ2v) is 8.56. The zero-order chi connectivity index (χ0) is 18.3. The van der Waals surface area contributed by atoms with Gasteiger partial charge in [-0.2, -0.15) is 13.7 Å². The highest BCUT2D eigenvalue weighted by Gasteiger charge is 2.58. The van der Waals surface area contributed by atoms with E-state index in [1.807, 2.05) is 31.3 Å². The van der Waals surface area contributed by atoms with Gasteiger partial charge < -0.3 is 14.6 Å². The smallest absolute Gasteiger partial charge is 0.296 e. The van der Waals surface area contributed by atoms with E-state index in [4.69, 9.17) is 4.18 Å². The lowest BCUT2D eigenvalue weighted by molar-refractivity contribution is -0.0539. The van der Waals surface area contributed by atoms with Crippen LogP contribution in [0, 0.1) is 11.3 Å². The first-order valence-electron chi connectivity index (χ1n) is 8.49. The average Bonchev–Trinajstić information content (AvgIpc) is 2.86. The molecule has 134 valence electrons. The van der Waals surface area contributed by atoms with Crippen LogP contribution in [0.2, 0.25) is 0 Å². The number of aryl methyl sites for hydroxylation is 1. The van der Waals surface area contributed by atoms with E-state index in [9.17, 15) is 18.8 Å². The third kappa shape index (κ3) is 1.82. The van der Waals surface area contributed by atoms with Gasteiger partial charge in [0, 0.05) is 23.6 Å². The SMILES string of the molecule is Cn1c2c(c3ccccc31)C[C@@H]1N3C(O)=CS(=O)(=O)OC1(C#N)CC[C@@H]23. The molecule has 3 aliphatic heterocycles. The van der Waals surface area contributed by atoms with E-state index < -0.39 is 21.8 Å². The number of hydrogen-bond donors (Lipinski definition) is 1. The fraction of sp³-hybridized carbons (Fsp3) is 0.389. The predicted molar refractivity (Wildman–Crippen MR) is 93.3 cm³/mol. The lowest BCUT2D eigenvalue weighted by Gasteiger charge is -2.51. The molecule has 7 nitrogen and oxygen atoms in total. The highest BCUT2D eigenvalue weighted by atomic mass is 32.2. The molecular formula is C18H17N3O4S. The van der Waals surface area contributed by atoms with Crippen LogP contribution in [0.3, 0.4) is 0 Å². The van der Waals surface area contributed by atoms with Crippen molar-refractivity contribution in [2.75, 3.05) is 0 Å². The highest BCUT2D eigenvalue weighted by molar-refractivity contribution is 7.89. The van der Waals surface area contributed by atoms with Crippen LogP contribution in [-0.4, -0.2) is 34.6 Å². The number of para-hydroxylation sites is 1. The van der Waals surface area contributed by atoms with Gasteiger partial charge in [-0.25, -0.2) is 4.18 Å². The van der Waals surface area contributed by atoms with Gasteiger partial charge in [-0.1, -0.05) is 18.2 Å². The maximum atomic E-state index is 12.2. The summed E-state index contributed by atoms with van der Waals surface area (Å²) in [6.45, 7) is 0. The van der Waals surface area contributed by atoms with Crippen LogP contribution < -0.4 is 0 Å². The lowest BCUT2D eigenvalue weighted by Crippen LogP contribution is -2.60. The molecule has 2 aromatic rings. The monoisotopic (exact) mass is 371 g/mol. The van der Waals surface area contributed by atoms with Crippen LogP contribution in [0.15, 0.2) is 35.6 Å². The molecule has 1 unspecified atom stereocenters. The van der Waals surface area contributed by atoms with E-state index in [-0.39, 0.29) is 11.9 Å². The quantitative estimate of drug-likeness (QED) is 0.714. The van der Waals surface area contributed by atoms with Gasteiger partial charge in [0.05, 0.1) is 12.1 Å². The molecular weight excluding hydrogens is 354 g/mol. The van der Waals surface area contributed by atoms with Crippen molar-refractivity contribution in [3.63, 3.8) is 0 Å². The number of aliphatic hydroxyl groups is 1. The first kappa shape index (κ1) is 15.7. The van der Waals surface area contributed by atoms with Crippen molar-refractivity contribution in [3.8, 4) is 6.07 Å². The summed E-state index contributed by atoms with van der Waals surface area (Å²) < 4.78 is 31.9. The van der Waals surface area contributed by atoms with Gasteiger partial charge in [-0.05, 0) is 30.9 Å². The van der Waals surface area contributed by atoms with Crippen LogP contribution in [0.4, 0.5) is 0 Å². The molecule has 3 aliphatic rings. The Morgan fingerprint density at radius 1 is 1.38 bits per heavy atom. The Bertz CT molecular complexity index is 1130. The molecule has 8 heteroatoms. The predicted octanol–water partition coefficient (Wildman–Crippen LogP) is 2.22. The molecule has 1 saturated heterocycles. The zero-order valence-corrected chi connectivity index (χ0v) is 14.9. The number of benzene rings is 1. The van der Waals surface area contributed by atoms with Crippen LogP contribution in [0.5, 0.6) is 0 Å². The molecule has 1 aromatic carbocycles. The largest absolute Gasteiger partial charge is 0.494 e. The van der Waals surface area contributed by atoms with Gasteiger partial charge in [-0.3, -0.25) is 0 Å². The first-order chi connectivity index (χ1) is 12.4. The van der Waals surface area contributed by atoms with Gasteiger partial charge >= 0.3 is 0 Å². The van der Waals surface area contributed by atoms with E-state index in [0.717, 1.165) is 27.6 Å². The minimum absolute atomic E-state index is 0.198. The summed E-state index contributed by atoms with van der Waals surface area (Å²) in [5, 5.41) is 22.2. The van der Waals surface area contributed by atoms with Crippen molar-refractivity contribution in [1.29, 1.82) is 5.26 Å². The Morgan fingerprint density at radius 2 is 2.15 bits per heavy atom. The van der Waals surface area contributed by atoms with Crippen LogP contribution in [0.25, 0.3) is 10.9 Å². The second-order valence-electron chi connectivity index (χ2n) is 7.18. The summed E-state index contributed by atoms with van der Waals surface area (Å²) in [6.07, 6.45) is 1.26. The molecule has 26 heavy (non-hydrogen) atoms. The molecule has 5 rings (SSSR count). The molecule has 3 atom stereocenters. The van der Waals surface area contributed by atoms with Gasteiger partial charge in [0.25, 0.3) is 10.1 Å². The normalized spacial score (nSPS) is 31.7. The summed E-state index contributed by atoms with van der Waals surface area (Å²) in [7, 11) is -2.15. The van der Waals surface area contributed by atoms with Gasteiger partial charge in [0.2, 0.25) is 5.88 Å². The zero-order valence-electron chi connectivity index (χ0n) is 14.1. The van der Waals surface area contributed by atoms with Crippen molar-refractivity contribution in [1.82, 2.24) is 9.47 Å². The highest BCUT2D eigenvalue weighted by Crippen LogP contribution is 2.52.